The maximum atomic E-state index is 12.4. The third kappa shape index (κ3) is 5.01. The molecule has 7 heteroatoms. The quantitative estimate of drug-likeness (QED) is 0.764. The number of ether oxygens (including phenoxy) is 1. The molecule has 0 saturated heterocycles. The van der Waals surface area contributed by atoms with Crippen LogP contribution in [0.4, 0.5) is 0 Å². The Kier molecular flexibility index (Phi) is 6.29. The minimum absolute atomic E-state index is 0.0138. The second-order valence-electron chi connectivity index (χ2n) is 6.74. The van der Waals surface area contributed by atoms with Gasteiger partial charge in [0.05, 0.1) is 12.5 Å². The van der Waals surface area contributed by atoms with E-state index in [1.54, 1.807) is 12.3 Å². The van der Waals surface area contributed by atoms with Crippen molar-refractivity contribution in [3.05, 3.63) is 71.4 Å². The van der Waals surface area contributed by atoms with Crippen LogP contribution < -0.4 is 15.6 Å². The maximum absolute atomic E-state index is 12.4. The third-order valence-electron chi connectivity index (χ3n) is 4.64. The lowest BCUT2D eigenvalue weighted by Gasteiger charge is -2.32. The second-order valence-corrected chi connectivity index (χ2v) is 6.74. The van der Waals surface area contributed by atoms with Crippen molar-refractivity contribution in [1.82, 2.24) is 15.8 Å². The lowest BCUT2D eigenvalue weighted by Crippen LogP contribution is -2.45. The van der Waals surface area contributed by atoms with Crippen molar-refractivity contribution in [2.45, 2.75) is 26.3 Å². The Morgan fingerprint density at radius 3 is 2.45 bits per heavy atom. The van der Waals surface area contributed by atoms with Gasteiger partial charge in [-0.3, -0.25) is 25.2 Å². The molecule has 1 aliphatic rings. The molecule has 0 fully saturated rings. The fourth-order valence-electron chi connectivity index (χ4n) is 3.18. The van der Waals surface area contributed by atoms with Gasteiger partial charge in [0.1, 0.15) is 5.75 Å². The van der Waals surface area contributed by atoms with Gasteiger partial charge in [-0.15, -0.1) is 0 Å². The van der Waals surface area contributed by atoms with Crippen LogP contribution in [-0.2, 0) is 14.4 Å². The summed E-state index contributed by atoms with van der Waals surface area (Å²) in [5.41, 5.74) is 7.49. The lowest BCUT2D eigenvalue weighted by molar-refractivity contribution is -0.132. The molecule has 2 aromatic carbocycles. The van der Waals surface area contributed by atoms with Gasteiger partial charge in [0, 0.05) is 13.1 Å². The topological polar surface area (TPSA) is 87.7 Å². The summed E-state index contributed by atoms with van der Waals surface area (Å²) in [7, 11) is 0. The molecule has 0 bridgehead atoms. The molecule has 3 amide bonds. The van der Waals surface area contributed by atoms with Crippen LogP contribution in [-0.4, -0.2) is 29.2 Å². The predicted molar refractivity (Wildman–Crippen MR) is 108 cm³/mol. The summed E-state index contributed by atoms with van der Waals surface area (Å²) < 4.78 is 5.45. The van der Waals surface area contributed by atoms with Gasteiger partial charge in [-0.05, 0) is 35.8 Å². The Balaban J connectivity index is 1.55. The molecule has 2 aromatic rings. The highest BCUT2D eigenvalue weighted by molar-refractivity contribution is 5.84. The molecule has 0 spiro atoms. The van der Waals surface area contributed by atoms with Crippen molar-refractivity contribution in [1.29, 1.82) is 0 Å². The third-order valence-corrected chi connectivity index (χ3v) is 4.64. The number of amides is 3. The summed E-state index contributed by atoms with van der Waals surface area (Å²) in [5, 5.41) is 0. The molecule has 150 valence electrons. The predicted octanol–water partition coefficient (Wildman–Crippen LogP) is 2.49. The SMILES string of the molecule is CC(=O)N1C=Cc2ccccc2[C@@H]1CC(=O)NNC(=O)COc1ccccc1C. The monoisotopic (exact) mass is 393 g/mol. The van der Waals surface area contributed by atoms with Crippen molar-refractivity contribution in [3.63, 3.8) is 0 Å². The molecule has 0 radical (unpaired) electrons. The van der Waals surface area contributed by atoms with Gasteiger partial charge in [-0.2, -0.15) is 0 Å². The van der Waals surface area contributed by atoms with Gasteiger partial charge in [-0.25, -0.2) is 0 Å². The summed E-state index contributed by atoms with van der Waals surface area (Å²) in [4.78, 5) is 37.9. The van der Waals surface area contributed by atoms with Crippen LogP contribution >= 0.6 is 0 Å². The number of benzene rings is 2. The molecule has 2 N–H and O–H groups in total. The number of fused-ring (bicyclic) bond motifs is 1. The van der Waals surface area contributed by atoms with E-state index in [0.29, 0.717) is 5.75 Å². The first kappa shape index (κ1) is 20.1. The zero-order chi connectivity index (χ0) is 20.8. The fraction of sp³-hybridized carbons (Fsp3) is 0.227. The first-order valence-corrected chi connectivity index (χ1v) is 9.28. The van der Waals surface area contributed by atoms with Gasteiger partial charge >= 0.3 is 0 Å². The maximum Gasteiger partial charge on any atom is 0.276 e. The lowest BCUT2D eigenvalue weighted by atomic mass is 9.93. The number of rotatable bonds is 5. The Morgan fingerprint density at radius 1 is 1.00 bits per heavy atom. The molecular weight excluding hydrogens is 370 g/mol. The van der Waals surface area contributed by atoms with E-state index in [1.165, 1.54) is 11.8 Å². The van der Waals surface area contributed by atoms with Gasteiger partial charge in [0.15, 0.2) is 6.61 Å². The number of carbonyl (C=O) groups is 3. The summed E-state index contributed by atoms with van der Waals surface area (Å²) in [6, 6.07) is 14.5. The first-order chi connectivity index (χ1) is 14.0. The van der Waals surface area contributed by atoms with Crippen LogP contribution in [0.25, 0.3) is 6.08 Å². The Bertz CT molecular complexity index is 955. The zero-order valence-corrected chi connectivity index (χ0v) is 16.3. The number of hydrazine groups is 1. The van der Waals surface area contributed by atoms with Gasteiger partial charge < -0.3 is 9.64 Å². The summed E-state index contributed by atoms with van der Waals surface area (Å²) in [6.45, 7) is 3.11. The highest BCUT2D eigenvalue weighted by Gasteiger charge is 2.28. The number of para-hydroxylation sites is 1. The van der Waals surface area contributed by atoms with Gasteiger partial charge in [0.2, 0.25) is 11.8 Å². The van der Waals surface area contributed by atoms with Gasteiger partial charge in [0.25, 0.3) is 5.91 Å². The molecule has 7 nitrogen and oxygen atoms in total. The van der Waals surface area contributed by atoms with Crippen molar-refractivity contribution >= 4 is 23.8 Å². The fourth-order valence-corrected chi connectivity index (χ4v) is 3.18. The number of hydrogen-bond donors (Lipinski definition) is 2. The molecule has 0 unspecified atom stereocenters. The van der Waals surface area contributed by atoms with Crippen LogP contribution in [0.1, 0.15) is 36.1 Å². The largest absolute Gasteiger partial charge is 0.483 e. The summed E-state index contributed by atoms with van der Waals surface area (Å²) in [6.07, 6.45) is 3.53. The number of nitrogens with zero attached hydrogens (tertiary/aromatic N) is 1. The van der Waals surface area contributed by atoms with E-state index in [2.05, 4.69) is 10.9 Å². The van der Waals surface area contributed by atoms with E-state index in [0.717, 1.165) is 16.7 Å². The van der Waals surface area contributed by atoms with E-state index in [4.69, 9.17) is 4.74 Å². The van der Waals surface area contributed by atoms with Crippen LogP contribution in [0.3, 0.4) is 0 Å². The summed E-state index contributed by atoms with van der Waals surface area (Å²) >= 11 is 0. The van der Waals surface area contributed by atoms with E-state index in [1.807, 2.05) is 55.5 Å². The number of hydrogen-bond acceptors (Lipinski definition) is 4. The molecule has 0 saturated carbocycles. The highest BCUT2D eigenvalue weighted by Crippen LogP contribution is 2.32. The van der Waals surface area contributed by atoms with Crippen molar-refractivity contribution in [3.8, 4) is 5.75 Å². The van der Waals surface area contributed by atoms with E-state index in [-0.39, 0.29) is 18.9 Å². The number of carbonyl (C=O) groups excluding carboxylic acids is 3. The smallest absolute Gasteiger partial charge is 0.276 e. The van der Waals surface area contributed by atoms with Crippen LogP contribution in [0.15, 0.2) is 54.7 Å². The van der Waals surface area contributed by atoms with E-state index in [9.17, 15) is 14.4 Å². The van der Waals surface area contributed by atoms with Crippen molar-refractivity contribution in [2.24, 2.45) is 0 Å². The minimum Gasteiger partial charge on any atom is -0.483 e. The van der Waals surface area contributed by atoms with E-state index >= 15 is 0 Å². The average molecular weight is 393 g/mol. The summed E-state index contributed by atoms with van der Waals surface area (Å²) in [5.74, 6) is -0.439. The normalized spacial score (nSPS) is 14.7. The molecule has 1 atom stereocenters. The highest BCUT2D eigenvalue weighted by atomic mass is 16.5. The molecule has 3 rings (SSSR count). The molecule has 0 aliphatic carbocycles. The Morgan fingerprint density at radius 2 is 1.69 bits per heavy atom. The molecule has 0 aromatic heterocycles. The average Bonchev–Trinajstić information content (AvgIpc) is 2.71. The van der Waals surface area contributed by atoms with Gasteiger partial charge in [-0.1, -0.05) is 42.5 Å². The standard InChI is InChI=1S/C22H23N3O4/c1-15-7-3-6-10-20(15)29-14-22(28)24-23-21(27)13-19-18-9-5-4-8-17(18)11-12-25(19)16(2)26/h3-12,19H,13-14H2,1-2H3,(H,23,27)(H,24,28)/t19-/m0/s1. The number of nitrogens with one attached hydrogen (secondary N) is 2. The van der Waals surface area contributed by atoms with Crippen molar-refractivity contribution < 1.29 is 19.1 Å². The van der Waals surface area contributed by atoms with Crippen molar-refractivity contribution in [2.75, 3.05) is 6.61 Å². The van der Waals surface area contributed by atoms with Crippen LogP contribution in [0, 0.1) is 6.92 Å². The molecular formula is C22H23N3O4. The molecule has 29 heavy (non-hydrogen) atoms. The zero-order valence-electron chi connectivity index (χ0n) is 16.3. The first-order valence-electron chi connectivity index (χ1n) is 9.28. The molecule has 1 aliphatic heterocycles. The Hall–Kier alpha value is -3.61. The van der Waals surface area contributed by atoms with E-state index < -0.39 is 17.9 Å². The van der Waals surface area contributed by atoms with Crippen LogP contribution in [0.2, 0.25) is 0 Å². The molecule has 1 heterocycles. The number of aryl methyl sites for hydroxylation is 1. The second kappa shape index (κ2) is 9.05. The minimum atomic E-state index is -0.478. The Labute approximate surface area is 169 Å². The van der Waals surface area contributed by atoms with Crippen LogP contribution in [0.5, 0.6) is 5.75 Å².